The van der Waals surface area contributed by atoms with Gasteiger partial charge in [-0.15, -0.1) is 0 Å². The fraction of sp³-hybridized carbons (Fsp3) is 0.308. The van der Waals surface area contributed by atoms with E-state index in [4.69, 9.17) is 5.11 Å². The summed E-state index contributed by atoms with van der Waals surface area (Å²) in [5.74, 6) is -1.07. The molecule has 0 aliphatic heterocycles. The van der Waals surface area contributed by atoms with Crippen LogP contribution in [0, 0.1) is 0 Å². The zero-order valence-electron chi connectivity index (χ0n) is 10.7. The minimum absolute atomic E-state index is 0.135. The summed E-state index contributed by atoms with van der Waals surface area (Å²) in [6.45, 7) is 2.37. The van der Waals surface area contributed by atoms with Gasteiger partial charge in [-0.05, 0) is 30.2 Å². The van der Waals surface area contributed by atoms with Crippen LogP contribution >= 0.6 is 0 Å². The Bertz CT molecular complexity index is 564. The van der Waals surface area contributed by atoms with Gasteiger partial charge in [0.2, 0.25) is 10.0 Å². The van der Waals surface area contributed by atoms with Crippen molar-refractivity contribution in [3.05, 3.63) is 35.9 Å². The van der Waals surface area contributed by atoms with Gasteiger partial charge in [-0.25, -0.2) is 17.9 Å². The first-order chi connectivity index (χ1) is 8.95. The quantitative estimate of drug-likeness (QED) is 0.591. The first-order valence-corrected chi connectivity index (χ1v) is 7.45. The Balaban J connectivity index is 2.89. The molecule has 0 aliphatic carbocycles. The highest BCUT2D eigenvalue weighted by atomic mass is 32.2. The van der Waals surface area contributed by atoms with Crippen molar-refractivity contribution in [2.75, 3.05) is 6.54 Å². The summed E-state index contributed by atoms with van der Waals surface area (Å²) in [4.78, 5) is 10.5. The number of benzene rings is 1. The average molecular weight is 283 g/mol. The number of rotatable bonds is 7. The molecule has 6 heteroatoms. The van der Waals surface area contributed by atoms with Gasteiger partial charge < -0.3 is 5.11 Å². The van der Waals surface area contributed by atoms with Crippen LogP contribution in [-0.4, -0.2) is 26.0 Å². The van der Waals surface area contributed by atoms with Gasteiger partial charge in [-0.3, -0.25) is 0 Å². The fourth-order valence-electron chi connectivity index (χ4n) is 1.42. The second-order valence-electron chi connectivity index (χ2n) is 4.00. The van der Waals surface area contributed by atoms with E-state index in [1.165, 1.54) is 18.2 Å². The van der Waals surface area contributed by atoms with Gasteiger partial charge in [0, 0.05) is 12.6 Å². The standard InChI is InChI=1S/C13H17NO4S/c1-2-3-9-14-19(17,18)12-6-4-5-11(10-12)7-8-13(15)16/h4-8,10,14H,2-3,9H2,1H3,(H,15,16)/b8-7+. The number of carboxylic acid groups (broad SMARTS) is 1. The molecule has 0 bridgehead atoms. The number of carbonyl (C=O) groups is 1. The lowest BCUT2D eigenvalue weighted by Crippen LogP contribution is -2.24. The summed E-state index contributed by atoms with van der Waals surface area (Å²) in [5.41, 5.74) is 0.528. The molecule has 19 heavy (non-hydrogen) atoms. The molecular formula is C13H17NO4S. The van der Waals surface area contributed by atoms with E-state index in [1.54, 1.807) is 12.1 Å². The van der Waals surface area contributed by atoms with Crippen LogP contribution in [0.5, 0.6) is 0 Å². The Labute approximate surface area is 113 Å². The monoisotopic (exact) mass is 283 g/mol. The predicted octanol–water partition coefficient (Wildman–Crippen LogP) is 1.86. The van der Waals surface area contributed by atoms with E-state index < -0.39 is 16.0 Å². The number of aliphatic carboxylic acids is 1. The zero-order valence-corrected chi connectivity index (χ0v) is 11.5. The number of nitrogens with one attached hydrogen (secondary N) is 1. The molecular weight excluding hydrogens is 266 g/mol. The molecule has 1 aromatic rings. The topological polar surface area (TPSA) is 83.5 Å². The van der Waals surface area contributed by atoms with E-state index in [0.29, 0.717) is 12.1 Å². The van der Waals surface area contributed by atoms with Gasteiger partial charge in [-0.2, -0.15) is 0 Å². The van der Waals surface area contributed by atoms with Crippen LogP contribution in [0.3, 0.4) is 0 Å². The molecule has 104 valence electrons. The predicted molar refractivity (Wildman–Crippen MR) is 73.2 cm³/mol. The molecule has 0 saturated heterocycles. The third-order valence-electron chi connectivity index (χ3n) is 2.41. The van der Waals surface area contributed by atoms with Crippen molar-refractivity contribution in [1.82, 2.24) is 4.72 Å². The number of hydrogen-bond acceptors (Lipinski definition) is 3. The van der Waals surface area contributed by atoms with E-state index in [0.717, 1.165) is 18.9 Å². The van der Waals surface area contributed by atoms with E-state index in [1.807, 2.05) is 6.92 Å². The second kappa shape index (κ2) is 7.06. The van der Waals surface area contributed by atoms with Crippen LogP contribution in [0.1, 0.15) is 25.3 Å². The van der Waals surface area contributed by atoms with Crippen LogP contribution < -0.4 is 4.72 Å². The molecule has 2 N–H and O–H groups in total. The first kappa shape index (κ1) is 15.4. The third-order valence-corrected chi connectivity index (χ3v) is 3.87. The van der Waals surface area contributed by atoms with Crippen LogP contribution in [0.15, 0.2) is 35.2 Å². The van der Waals surface area contributed by atoms with Crippen molar-refractivity contribution in [1.29, 1.82) is 0 Å². The number of hydrogen-bond donors (Lipinski definition) is 2. The first-order valence-electron chi connectivity index (χ1n) is 5.96. The normalized spacial score (nSPS) is 11.8. The maximum atomic E-state index is 11.9. The minimum atomic E-state index is -3.52. The van der Waals surface area contributed by atoms with Gasteiger partial charge in [0.25, 0.3) is 0 Å². The summed E-state index contributed by atoms with van der Waals surface area (Å²) < 4.78 is 26.4. The smallest absolute Gasteiger partial charge is 0.328 e. The molecule has 0 saturated carbocycles. The van der Waals surface area contributed by atoms with Crippen molar-refractivity contribution < 1.29 is 18.3 Å². The maximum absolute atomic E-state index is 11.9. The molecule has 0 spiro atoms. The molecule has 0 atom stereocenters. The molecule has 0 heterocycles. The van der Waals surface area contributed by atoms with E-state index in [9.17, 15) is 13.2 Å². The van der Waals surface area contributed by atoms with Gasteiger partial charge in [0.15, 0.2) is 0 Å². The molecule has 1 aromatic carbocycles. The van der Waals surface area contributed by atoms with Crippen molar-refractivity contribution in [3.63, 3.8) is 0 Å². The van der Waals surface area contributed by atoms with Crippen molar-refractivity contribution in [3.8, 4) is 0 Å². The highest BCUT2D eigenvalue weighted by Crippen LogP contribution is 2.12. The van der Waals surface area contributed by atoms with Gasteiger partial charge in [-0.1, -0.05) is 25.5 Å². The lowest BCUT2D eigenvalue weighted by atomic mass is 10.2. The molecule has 0 fully saturated rings. The summed E-state index contributed by atoms with van der Waals surface area (Å²) in [6.07, 6.45) is 4.01. The zero-order chi connectivity index (χ0) is 14.3. The second-order valence-corrected chi connectivity index (χ2v) is 5.76. The summed E-state index contributed by atoms with van der Waals surface area (Å²) in [7, 11) is -3.52. The van der Waals surface area contributed by atoms with Crippen LogP contribution in [0.4, 0.5) is 0 Å². The minimum Gasteiger partial charge on any atom is -0.478 e. The molecule has 0 amide bonds. The van der Waals surface area contributed by atoms with Crippen molar-refractivity contribution in [2.24, 2.45) is 0 Å². The Hall–Kier alpha value is -1.66. The number of sulfonamides is 1. The number of unbranched alkanes of at least 4 members (excludes halogenated alkanes) is 1. The molecule has 0 aromatic heterocycles. The van der Waals surface area contributed by atoms with Gasteiger partial charge in [0.1, 0.15) is 0 Å². The SMILES string of the molecule is CCCCNS(=O)(=O)c1cccc(/C=C/C(=O)O)c1. The third kappa shape index (κ3) is 5.23. The van der Waals surface area contributed by atoms with Crippen LogP contribution in [-0.2, 0) is 14.8 Å². The Morgan fingerprint density at radius 3 is 2.79 bits per heavy atom. The van der Waals surface area contributed by atoms with Crippen LogP contribution in [0.2, 0.25) is 0 Å². The van der Waals surface area contributed by atoms with Gasteiger partial charge >= 0.3 is 5.97 Å². The van der Waals surface area contributed by atoms with Crippen LogP contribution in [0.25, 0.3) is 6.08 Å². The lowest BCUT2D eigenvalue weighted by molar-refractivity contribution is -0.131. The Morgan fingerprint density at radius 1 is 1.42 bits per heavy atom. The van der Waals surface area contributed by atoms with Crippen molar-refractivity contribution in [2.45, 2.75) is 24.7 Å². The number of carboxylic acids is 1. The largest absolute Gasteiger partial charge is 0.478 e. The summed E-state index contributed by atoms with van der Waals surface area (Å²) in [5, 5.41) is 8.53. The molecule has 0 radical (unpaired) electrons. The van der Waals surface area contributed by atoms with E-state index >= 15 is 0 Å². The average Bonchev–Trinajstić information content (AvgIpc) is 2.37. The lowest BCUT2D eigenvalue weighted by Gasteiger charge is -2.06. The molecule has 1 rings (SSSR count). The summed E-state index contributed by atoms with van der Waals surface area (Å²) >= 11 is 0. The molecule has 5 nitrogen and oxygen atoms in total. The van der Waals surface area contributed by atoms with Crippen molar-refractivity contribution >= 4 is 22.1 Å². The Morgan fingerprint density at radius 2 is 2.16 bits per heavy atom. The highest BCUT2D eigenvalue weighted by Gasteiger charge is 2.12. The molecule has 0 unspecified atom stereocenters. The van der Waals surface area contributed by atoms with E-state index in [-0.39, 0.29) is 4.90 Å². The van der Waals surface area contributed by atoms with E-state index in [2.05, 4.69) is 4.72 Å². The maximum Gasteiger partial charge on any atom is 0.328 e. The Kier molecular flexibility index (Phi) is 5.72. The highest BCUT2D eigenvalue weighted by molar-refractivity contribution is 7.89. The van der Waals surface area contributed by atoms with Gasteiger partial charge in [0.05, 0.1) is 4.90 Å². The molecule has 0 aliphatic rings. The fourth-order valence-corrected chi connectivity index (χ4v) is 2.55. The summed E-state index contributed by atoms with van der Waals surface area (Å²) in [6, 6.07) is 6.14.